The number of nitrogens with zero attached hydrogens (tertiary/aromatic N) is 4. The molecule has 27 heavy (non-hydrogen) atoms. The summed E-state index contributed by atoms with van der Waals surface area (Å²) in [4.78, 5) is 15.3. The van der Waals surface area contributed by atoms with Gasteiger partial charge in [0, 0.05) is 25.4 Å². The summed E-state index contributed by atoms with van der Waals surface area (Å²) < 4.78 is 7.48. The number of carbonyl (C=O) groups is 1. The number of methoxy groups -OCH3 is 1. The van der Waals surface area contributed by atoms with E-state index in [0.29, 0.717) is 12.3 Å². The summed E-state index contributed by atoms with van der Waals surface area (Å²) >= 11 is 0. The van der Waals surface area contributed by atoms with Crippen LogP contribution in [0.5, 0.6) is 5.75 Å². The third-order valence-electron chi connectivity index (χ3n) is 5.73. The predicted octanol–water partition coefficient (Wildman–Crippen LogP) is 2.64. The Kier molecular flexibility index (Phi) is 4.89. The van der Waals surface area contributed by atoms with Crippen LogP contribution in [0.3, 0.4) is 0 Å². The van der Waals surface area contributed by atoms with Gasteiger partial charge in [0.15, 0.2) is 0 Å². The van der Waals surface area contributed by atoms with Crippen LogP contribution in [0.1, 0.15) is 43.9 Å². The van der Waals surface area contributed by atoms with Crippen molar-refractivity contribution in [1.29, 1.82) is 0 Å². The first kappa shape index (κ1) is 18.0. The predicted molar refractivity (Wildman–Crippen MR) is 103 cm³/mol. The highest BCUT2D eigenvalue weighted by atomic mass is 16.5. The van der Waals surface area contributed by atoms with E-state index in [1.165, 1.54) is 0 Å². The molecule has 2 aromatic rings. The summed E-state index contributed by atoms with van der Waals surface area (Å²) in [6.45, 7) is 5.24. The molecule has 2 aliphatic heterocycles. The van der Waals surface area contributed by atoms with Crippen LogP contribution < -0.4 is 4.74 Å². The molecule has 0 aliphatic carbocycles. The second-order valence-electron chi connectivity index (χ2n) is 8.16. The van der Waals surface area contributed by atoms with Gasteiger partial charge in [-0.05, 0) is 36.5 Å². The summed E-state index contributed by atoms with van der Waals surface area (Å²) in [5.41, 5.74) is 1.03. The molecule has 1 fully saturated rings. The maximum Gasteiger partial charge on any atom is 0.227 e. The number of hydrogen-bond donors (Lipinski definition) is 0. The van der Waals surface area contributed by atoms with Crippen molar-refractivity contribution in [2.45, 2.75) is 64.6 Å². The molecule has 2 aliphatic rings. The SMILES string of the molecule is COc1ccc(CC(=O)N2C3CCC2Cn2c(CC(C)C)nnc2C3)cc1. The highest BCUT2D eigenvalue weighted by molar-refractivity contribution is 5.80. The van der Waals surface area contributed by atoms with Crippen LogP contribution in [0.2, 0.25) is 0 Å². The van der Waals surface area contributed by atoms with Crippen LogP contribution in [0, 0.1) is 5.92 Å². The van der Waals surface area contributed by atoms with Gasteiger partial charge >= 0.3 is 0 Å². The van der Waals surface area contributed by atoms with Crippen LogP contribution >= 0.6 is 0 Å². The third-order valence-corrected chi connectivity index (χ3v) is 5.73. The minimum atomic E-state index is 0.219. The first-order valence-electron chi connectivity index (χ1n) is 9.90. The number of benzene rings is 1. The molecule has 1 aromatic carbocycles. The molecule has 1 amide bonds. The van der Waals surface area contributed by atoms with Crippen molar-refractivity contribution in [3.63, 3.8) is 0 Å². The summed E-state index contributed by atoms with van der Waals surface area (Å²) in [5, 5.41) is 8.87. The quantitative estimate of drug-likeness (QED) is 0.814. The number of amides is 1. The monoisotopic (exact) mass is 368 g/mol. The second kappa shape index (κ2) is 7.33. The zero-order chi connectivity index (χ0) is 19.0. The maximum absolute atomic E-state index is 13.1. The van der Waals surface area contributed by atoms with E-state index in [9.17, 15) is 4.79 Å². The van der Waals surface area contributed by atoms with Gasteiger partial charge in [-0.25, -0.2) is 0 Å². The van der Waals surface area contributed by atoms with E-state index in [1.54, 1.807) is 7.11 Å². The fourth-order valence-electron chi connectivity index (χ4n) is 4.43. The number of rotatable bonds is 5. The first-order valence-corrected chi connectivity index (χ1v) is 9.90. The number of ether oxygens (including phenoxy) is 1. The molecule has 4 rings (SSSR count). The van der Waals surface area contributed by atoms with Gasteiger partial charge in [0.1, 0.15) is 17.4 Å². The van der Waals surface area contributed by atoms with Gasteiger partial charge < -0.3 is 14.2 Å². The molecule has 0 radical (unpaired) electrons. The van der Waals surface area contributed by atoms with Gasteiger partial charge in [0.05, 0.1) is 19.6 Å². The van der Waals surface area contributed by atoms with Crippen LogP contribution in [0.25, 0.3) is 0 Å². The first-order chi connectivity index (χ1) is 13.0. The minimum Gasteiger partial charge on any atom is -0.497 e. The zero-order valence-corrected chi connectivity index (χ0v) is 16.4. The Labute approximate surface area is 160 Å². The smallest absolute Gasteiger partial charge is 0.227 e. The van der Waals surface area contributed by atoms with Crippen molar-refractivity contribution in [1.82, 2.24) is 19.7 Å². The molecular weight excluding hydrogens is 340 g/mol. The highest BCUT2D eigenvalue weighted by Gasteiger charge is 2.40. The fourth-order valence-corrected chi connectivity index (χ4v) is 4.43. The molecule has 2 unspecified atom stereocenters. The number of fused-ring (bicyclic) bond motifs is 3. The molecule has 2 bridgehead atoms. The molecular formula is C21H28N4O2. The molecule has 0 saturated carbocycles. The van der Waals surface area contributed by atoms with E-state index in [0.717, 1.165) is 55.2 Å². The van der Waals surface area contributed by atoms with E-state index in [1.807, 2.05) is 24.3 Å². The normalized spacial score (nSPS) is 21.3. The topological polar surface area (TPSA) is 60.2 Å². The van der Waals surface area contributed by atoms with Crippen LogP contribution in [0.4, 0.5) is 0 Å². The summed E-state index contributed by atoms with van der Waals surface area (Å²) in [6, 6.07) is 8.29. The van der Waals surface area contributed by atoms with Gasteiger partial charge in [-0.1, -0.05) is 26.0 Å². The maximum atomic E-state index is 13.1. The van der Waals surface area contributed by atoms with E-state index in [4.69, 9.17) is 4.74 Å². The molecule has 0 spiro atoms. The number of aromatic nitrogens is 3. The molecule has 0 N–H and O–H groups in total. The lowest BCUT2D eigenvalue weighted by molar-refractivity contribution is -0.133. The molecule has 144 valence electrons. The Morgan fingerprint density at radius 3 is 2.63 bits per heavy atom. The molecule has 1 aromatic heterocycles. The van der Waals surface area contributed by atoms with Crippen molar-refractivity contribution in [2.75, 3.05) is 7.11 Å². The Morgan fingerprint density at radius 1 is 1.19 bits per heavy atom. The van der Waals surface area contributed by atoms with Crippen LogP contribution in [0.15, 0.2) is 24.3 Å². The lowest BCUT2D eigenvalue weighted by Crippen LogP contribution is -2.43. The van der Waals surface area contributed by atoms with E-state index in [-0.39, 0.29) is 18.0 Å². The highest BCUT2D eigenvalue weighted by Crippen LogP contribution is 2.32. The van der Waals surface area contributed by atoms with Crippen molar-refractivity contribution in [3.8, 4) is 5.75 Å². The average Bonchev–Trinajstić information content (AvgIpc) is 3.14. The van der Waals surface area contributed by atoms with E-state index < -0.39 is 0 Å². The van der Waals surface area contributed by atoms with Crippen molar-refractivity contribution in [3.05, 3.63) is 41.5 Å². The fraction of sp³-hybridized carbons (Fsp3) is 0.571. The Hall–Kier alpha value is -2.37. The standard InChI is InChI=1S/C21H28N4O2/c1-14(2)10-19-22-23-20-12-16-6-7-17(13-24(19)20)25(16)21(26)11-15-4-8-18(27-3)9-5-15/h4-5,8-9,14,16-17H,6-7,10-13H2,1-3H3. The Morgan fingerprint density at radius 2 is 1.93 bits per heavy atom. The summed E-state index contributed by atoms with van der Waals surface area (Å²) in [6.07, 6.45) is 4.32. The van der Waals surface area contributed by atoms with Crippen LogP contribution in [-0.2, 0) is 30.6 Å². The Balaban J connectivity index is 1.51. The average molecular weight is 368 g/mol. The van der Waals surface area contributed by atoms with Crippen molar-refractivity contribution in [2.24, 2.45) is 5.92 Å². The number of carbonyl (C=O) groups excluding carboxylic acids is 1. The van der Waals surface area contributed by atoms with E-state index >= 15 is 0 Å². The molecule has 6 nitrogen and oxygen atoms in total. The van der Waals surface area contributed by atoms with E-state index in [2.05, 4.69) is 33.5 Å². The molecule has 3 heterocycles. The molecule has 2 atom stereocenters. The summed E-state index contributed by atoms with van der Waals surface area (Å²) in [7, 11) is 1.65. The number of hydrogen-bond acceptors (Lipinski definition) is 4. The summed E-state index contributed by atoms with van der Waals surface area (Å²) in [5.74, 6) is 3.69. The van der Waals surface area contributed by atoms with Crippen molar-refractivity contribution >= 4 is 5.91 Å². The van der Waals surface area contributed by atoms with Crippen molar-refractivity contribution < 1.29 is 9.53 Å². The lowest BCUT2D eigenvalue weighted by Gasteiger charge is -2.28. The third kappa shape index (κ3) is 3.57. The molecule has 1 saturated heterocycles. The van der Waals surface area contributed by atoms with Gasteiger partial charge in [0.2, 0.25) is 5.91 Å². The largest absolute Gasteiger partial charge is 0.497 e. The Bertz CT molecular complexity index is 812. The lowest BCUT2D eigenvalue weighted by atomic mass is 10.1. The van der Waals surface area contributed by atoms with Gasteiger partial charge in [-0.15, -0.1) is 10.2 Å². The minimum absolute atomic E-state index is 0.219. The molecule has 6 heteroatoms. The zero-order valence-electron chi connectivity index (χ0n) is 16.4. The van der Waals surface area contributed by atoms with Crippen LogP contribution in [-0.4, -0.2) is 44.8 Å². The van der Waals surface area contributed by atoms with Gasteiger partial charge in [-0.2, -0.15) is 0 Å². The second-order valence-corrected chi connectivity index (χ2v) is 8.16. The van der Waals surface area contributed by atoms with Gasteiger partial charge in [0.25, 0.3) is 0 Å². The van der Waals surface area contributed by atoms with Gasteiger partial charge in [-0.3, -0.25) is 4.79 Å².